The lowest BCUT2D eigenvalue weighted by molar-refractivity contribution is -0.120. The molecule has 0 saturated heterocycles. The summed E-state index contributed by atoms with van der Waals surface area (Å²) in [4.78, 5) is 35.5. The van der Waals surface area contributed by atoms with Gasteiger partial charge in [-0.25, -0.2) is 9.79 Å². The zero-order valence-corrected chi connectivity index (χ0v) is 22.2. The summed E-state index contributed by atoms with van der Waals surface area (Å²) < 4.78 is 0. The zero-order valence-electron chi connectivity index (χ0n) is 22.2. The number of para-hydroxylation sites is 1. The van der Waals surface area contributed by atoms with Crippen LogP contribution in [0.25, 0.3) is 0 Å². The molecule has 1 heterocycles. The molecular weight excluding hydrogens is 462 g/mol. The highest BCUT2D eigenvalue weighted by Crippen LogP contribution is 2.29. The van der Waals surface area contributed by atoms with Gasteiger partial charge in [0, 0.05) is 29.9 Å². The first-order valence-corrected chi connectivity index (χ1v) is 12.6. The lowest BCUT2D eigenvalue weighted by atomic mass is 9.99. The van der Waals surface area contributed by atoms with E-state index < -0.39 is 12.2 Å². The van der Waals surface area contributed by atoms with E-state index in [2.05, 4.69) is 41.5 Å². The van der Waals surface area contributed by atoms with Gasteiger partial charge in [0.1, 0.15) is 0 Å². The average molecular weight is 498 g/mol. The van der Waals surface area contributed by atoms with Crippen molar-refractivity contribution in [3.63, 3.8) is 0 Å². The van der Waals surface area contributed by atoms with Crippen molar-refractivity contribution < 1.29 is 9.59 Å². The van der Waals surface area contributed by atoms with Gasteiger partial charge >= 0.3 is 6.03 Å². The SMILES string of the molecule is Cc1cccc(NC(=O)N[C@H]2N=C(c3ccc(CN(C)C)cc3)c3ccccc3N(CC(C)C)C2=O)c1. The first-order chi connectivity index (χ1) is 17.7. The van der Waals surface area contributed by atoms with E-state index in [4.69, 9.17) is 4.99 Å². The Balaban J connectivity index is 1.73. The number of fused-ring (bicyclic) bond motifs is 1. The number of anilines is 2. The lowest BCUT2D eigenvalue weighted by Gasteiger charge is -2.27. The summed E-state index contributed by atoms with van der Waals surface area (Å²) in [6.07, 6.45) is -1.08. The first kappa shape index (κ1) is 26.1. The van der Waals surface area contributed by atoms with Crippen molar-refractivity contribution in [2.24, 2.45) is 10.9 Å². The van der Waals surface area contributed by atoms with Crippen LogP contribution in [0.4, 0.5) is 16.2 Å². The molecule has 0 aliphatic carbocycles. The second kappa shape index (κ2) is 11.4. The normalized spacial score (nSPS) is 15.3. The van der Waals surface area contributed by atoms with Gasteiger partial charge in [0.2, 0.25) is 6.17 Å². The Kier molecular flexibility index (Phi) is 8.04. The molecule has 3 aromatic rings. The number of benzodiazepines with no additional fused rings is 1. The van der Waals surface area contributed by atoms with Crippen LogP contribution >= 0.6 is 0 Å². The number of carbonyl (C=O) groups is 2. The molecule has 0 spiro atoms. The monoisotopic (exact) mass is 497 g/mol. The largest absolute Gasteiger partial charge is 0.321 e. The van der Waals surface area contributed by atoms with E-state index >= 15 is 0 Å². The minimum absolute atomic E-state index is 0.227. The van der Waals surface area contributed by atoms with Crippen LogP contribution in [0.15, 0.2) is 77.8 Å². The number of nitrogens with one attached hydrogen (secondary N) is 2. The molecule has 1 atom stereocenters. The van der Waals surface area contributed by atoms with Crippen molar-refractivity contribution >= 4 is 29.0 Å². The van der Waals surface area contributed by atoms with E-state index in [1.54, 1.807) is 4.90 Å². The maximum absolute atomic E-state index is 13.8. The van der Waals surface area contributed by atoms with Gasteiger partial charge in [0.05, 0.1) is 11.4 Å². The number of hydrogen-bond donors (Lipinski definition) is 2. The summed E-state index contributed by atoms with van der Waals surface area (Å²) in [5.74, 6) is -0.0367. The van der Waals surface area contributed by atoms with Crippen LogP contribution < -0.4 is 15.5 Å². The minimum Gasteiger partial charge on any atom is -0.308 e. The summed E-state index contributed by atoms with van der Waals surface area (Å²) in [5.41, 5.74) is 6.08. The van der Waals surface area contributed by atoms with Gasteiger partial charge < -0.3 is 20.4 Å². The molecule has 3 amide bonds. The Morgan fingerprint density at radius 3 is 2.43 bits per heavy atom. The van der Waals surface area contributed by atoms with E-state index in [1.807, 2.05) is 81.7 Å². The Hall–Kier alpha value is -3.97. The molecule has 7 heteroatoms. The molecule has 1 aliphatic rings. The number of amides is 3. The van der Waals surface area contributed by atoms with Crippen LogP contribution in [0.2, 0.25) is 0 Å². The van der Waals surface area contributed by atoms with E-state index in [0.29, 0.717) is 17.9 Å². The van der Waals surface area contributed by atoms with Crippen molar-refractivity contribution in [3.8, 4) is 0 Å². The quantitative estimate of drug-likeness (QED) is 0.480. The number of hydrogen-bond acceptors (Lipinski definition) is 4. The van der Waals surface area contributed by atoms with Crippen molar-refractivity contribution in [3.05, 3.63) is 95.1 Å². The Bertz CT molecular complexity index is 1300. The molecule has 7 nitrogen and oxygen atoms in total. The van der Waals surface area contributed by atoms with Crippen LogP contribution in [0.3, 0.4) is 0 Å². The van der Waals surface area contributed by atoms with Gasteiger partial charge in [0.15, 0.2) is 0 Å². The van der Waals surface area contributed by atoms with E-state index in [9.17, 15) is 9.59 Å². The second-order valence-corrected chi connectivity index (χ2v) is 10.1. The molecular formula is C30H35N5O2. The van der Waals surface area contributed by atoms with Gasteiger partial charge in [-0.2, -0.15) is 0 Å². The van der Waals surface area contributed by atoms with E-state index in [1.165, 1.54) is 5.56 Å². The van der Waals surface area contributed by atoms with Crippen LogP contribution in [-0.4, -0.2) is 49.4 Å². The number of benzene rings is 3. The standard InChI is InChI=1S/C30H35N5O2/c1-20(2)18-35-26-12-7-6-11-25(26)27(23-15-13-22(14-16-23)19-34(4)5)32-28(29(35)36)33-30(37)31-24-10-8-9-21(3)17-24/h6-17,20,28H,18-19H2,1-5H3,(H2,31,33,37)/t28-/m1/s1. The Morgan fingerprint density at radius 2 is 1.76 bits per heavy atom. The maximum atomic E-state index is 13.8. The van der Waals surface area contributed by atoms with Gasteiger partial charge in [-0.1, -0.05) is 68.4 Å². The van der Waals surface area contributed by atoms with Crippen LogP contribution in [-0.2, 0) is 11.3 Å². The van der Waals surface area contributed by atoms with Crippen molar-refractivity contribution in [2.75, 3.05) is 30.9 Å². The lowest BCUT2D eigenvalue weighted by Crippen LogP contribution is -2.49. The molecule has 37 heavy (non-hydrogen) atoms. The van der Waals surface area contributed by atoms with Crippen LogP contribution in [0.5, 0.6) is 0 Å². The zero-order chi connectivity index (χ0) is 26.5. The number of nitrogens with zero attached hydrogens (tertiary/aromatic N) is 3. The Morgan fingerprint density at radius 1 is 1.03 bits per heavy atom. The summed E-state index contributed by atoms with van der Waals surface area (Å²) in [6.45, 7) is 7.43. The molecule has 3 aromatic carbocycles. The number of aryl methyl sites for hydroxylation is 1. The number of rotatable bonds is 7. The molecule has 192 valence electrons. The topological polar surface area (TPSA) is 77.0 Å². The fourth-order valence-electron chi connectivity index (χ4n) is 4.45. The molecule has 2 N–H and O–H groups in total. The van der Waals surface area contributed by atoms with E-state index in [0.717, 1.165) is 28.9 Å². The highest BCUT2D eigenvalue weighted by atomic mass is 16.2. The third-order valence-corrected chi connectivity index (χ3v) is 6.03. The molecule has 0 saturated carbocycles. The maximum Gasteiger partial charge on any atom is 0.321 e. The highest BCUT2D eigenvalue weighted by Gasteiger charge is 2.33. The number of urea groups is 1. The third kappa shape index (κ3) is 6.43. The van der Waals surface area contributed by atoms with E-state index in [-0.39, 0.29) is 11.8 Å². The molecule has 0 aromatic heterocycles. The summed E-state index contributed by atoms with van der Waals surface area (Å²) >= 11 is 0. The van der Waals surface area contributed by atoms with Gasteiger partial charge in [-0.15, -0.1) is 0 Å². The Labute approximate surface area is 219 Å². The molecule has 0 radical (unpaired) electrons. The predicted molar refractivity (Wildman–Crippen MR) is 150 cm³/mol. The smallest absolute Gasteiger partial charge is 0.308 e. The number of aliphatic imine (C=N–C) groups is 1. The first-order valence-electron chi connectivity index (χ1n) is 12.6. The number of carbonyl (C=O) groups excluding carboxylic acids is 2. The second-order valence-electron chi connectivity index (χ2n) is 10.1. The summed E-state index contributed by atoms with van der Waals surface area (Å²) in [6, 6.07) is 23.0. The molecule has 0 unspecified atom stereocenters. The van der Waals surface area contributed by atoms with Crippen molar-refractivity contribution in [1.29, 1.82) is 0 Å². The molecule has 0 bridgehead atoms. The van der Waals surface area contributed by atoms with Gasteiger partial charge in [-0.3, -0.25) is 4.79 Å². The van der Waals surface area contributed by atoms with Gasteiger partial charge in [-0.05, 0) is 56.3 Å². The van der Waals surface area contributed by atoms with Crippen molar-refractivity contribution in [2.45, 2.75) is 33.5 Å². The fourth-order valence-corrected chi connectivity index (χ4v) is 4.45. The predicted octanol–water partition coefficient (Wildman–Crippen LogP) is 5.04. The average Bonchev–Trinajstić information content (AvgIpc) is 2.95. The molecule has 1 aliphatic heterocycles. The minimum atomic E-state index is -1.08. The molecule has 0 fully saturated rings. The van der Waals surface area contributed by atoms with Crippen molar-refractivity contribution in [1.82, 2.24) is 10.2 Å². The highest BCUT2D eigenvalue weighted by molar-refractivity contribution is 6.20. The summed E-state index contributed by atoms with van der Waals surface area (Å²) in [5, 5.41) is 5.65. The third-order valence-electron chi connectivity index (χ3n) is 6.03. The van der Waals surface area contributed by atoms with Crippen LogP contribution in [0.1, 0.15) is 36.1 Å². The van der Waals surface area contributed by atoms with Crippen LogP contribution in [0, 0.1) is 12.8 Å². The fraction of sp³-hybridized carbons (Fsp3) is 0.300. The molecule has 4 rings (SSSR count). The summed E-state index contributed by atoms with van der Waals surface area (Å²) in [7, 11) is 4.07. The van der Waals surface area contributed by atoms with Gasteiger partial charge in [0.25, 0.3) is 5.91 Å².